The van der Waals surface area contributed by atoms with E-state index in [1.54, 1.807) is 0 Å². The standard InChI is InChI=1S/C10H15NO3/c12-8-5-10(6-11-8)3-1-7(2-4-10)9(13)14/h7H,1-6H2,(H,11,12)(H,13,14). The van der Waals surface area contributed by atoms with Crippen molar-refractivity contribution in [2.24, 2.45) is 11.3 Å². The number of carboxylic acid groups (broad SMARTS) is 1. The molecule has 0 bridgehead atoms. The molecule has 0 atom stereocenters. The number of amides is 1. The van der Waals surface area contributed by atoms with Crippen molar-refractivity contribution < 1.29 is 14.7 Å². The lowest BCUT2D eigenvalue weighted by Gasteiger charge is -2.34. The van der Waals surface area contributed by atoms with Gasteiger partial charge in [-0.25, -0.2) is 0 Å². The van der Waals surface area contributed by atoms with E-state index in [1.807, 2.05) is 0 Å². The highest BCUT2D eigenvalue weighted by Gasteiger charge is 2.42. The van der Waals surface area contributed by atoms with E-state index in [2.05, 4.69) is 5.32 Å². The summed E-state index contributed by atoms with van der Waals surface area (Å²) in [6.07, 6.45) is 3.80. The molecule has 2 fully saturated rings. The topological polar surface area (TPSA) is 66.4 Å². The number of carbonyl (C=O) groups is 2. The van der Waals surface area contributed by atoms with Crippen molar-refractivity contribution in [3.05, 3.63) is 0 Å². The second-order valence-electron chi connectivity index (χ2n) is 4.57. The Morgan fingerprint density at radius 2 is 2.07 bits per heavy atom. The van der Waals surface area contributed by atoms with E-state index in [0.29, 0.717) is 6.42 Å². The maximum Gasteiger partial charge on any atom is 0.306 e. The number of aliphatic carboxylic acids is 1. The summed E-state index contributed by atoms with van der Waals surface area (Å²) in [5, 5.41) is 11.7. The van der Waals surface area contributed by atoms with Gasteiger partial charge in [0.05, 0.1) is 5.92 Å². The average molecular weight is 197 g/mol. The summed E-state index contributed by atoms with van der Waals surface area (Å²) in [5.74, 6) is -0.743. The van der Waals surface area contributed by atoms with Crippen LogP contribution in [0.15, 0.2) is 0 Å². The minimum Gasteiger partial charge on any atom is -0.481 e. The van der Waals surface area contributed by atoms with Gasteiger partial charge in [-0.1, -0.05) is 0 Å². The van der Waals surface area contributed by atoms with Gasteiger partial charge in [0.25, 0.3) is 0 Å². The van der Waals surface area contributed by atoms with Crippen molar-refractivity contribution in [1.82, 2.24) is 5.32 Å². The van der Waals surface area contributed by atoms with Crippen LogP contribution in [0.4, 0.5) is 0 Å². The van der Waals surface area contributed by atoms with Crippen LogP contribution in [0, 0.1) is 11.3 Å². The Labute approximate surface area is 82.7 Å². The minimum absolute atomic E-state index is 0.0863. The Hall–Kier alpha value is -1.06. The molecule has 78 valence electrons. The molecule has 0 aromatic heterocycles. The molecule has 2 aliphatic rings. The lowest BCUT2D eigenvalue weighted by atomic mass is 9.70. The highest BCUT2D eigenvalue weighted by Crippen LogP contribution is 2.43. The number of rotatable bonds is 1. The Balaban J connectivity index is 1.95. The maximum absolute atomic E-state index is 11.1. The zero-order valence-corrected chi connectivity index (χ0v) is 8.08. The van der Waals surface area contributed by atoms with E-state index in [0.717, 1.165) is 32.2 Å². The third kappa shape index (κ3) is 1.61. The van der Waals surface area contributed by atoms with Gasteiger partial charge in [0.15, 0.2) is 0 Å². The molecule has 14 heavy (non-hydrogen) atoms. The SMILES string of the molecule is O=C1CC2(CCC(C(=O)O)CC2)CN1. The predicted molar refractivity (Wildman–Crippen MR) is 49.7 cm³/mol. The molecule has 1 saturated carbocycles. The Kier molecular flexibility index (Phi) is 2.21. The summed E-state index contributed by atoms with van der Waals surface area (Å²) >= 11 is 0. The molecule has 4 heteroatoms. The van der Waals surface area contributed by atoms with E-state index in [1.165, 1.54) is 0 Å². The largest absolute Gasteiger partial charge is 0.481 e. The van der Waals surface area contributed by atoms with Gasteiger partial charge in [-0.15, -0.1) is 0 Å². The second-order valence-corrected chi connectivity index (χ2v) is 4.57. The molecule has 0 aromatic carbocycles. The quantitative estimate of drug-likeness (QED) is 0.652. The zero-order valence-electron chi connectivity index (χ0n) is 8.08. The van der Waals surface area contributed by atoms with E-state index in [9.17, 15) is 9.59 Å². The Morgan fingerprint density at radius 3 is 2.50 bits per heavy atom. The highest BCUT2D eigenvalue weighted by molar-refractivity contribution is 5.79. The Bertz CT molecular complexity index is 267. The minimum atomic E-state index is -0.683. The number of nitrogens with one attached hydrogen (secondary N) is 1. The molecule has 0 aromatic rings. The first-order chi connectivity index (χ1) is 6.61. The highest BCUT2D eigenvalue weighted by atomic mass is 16.4. The number of carboxylic acids is 1. The van der Waals surface area contributed by atoms with Crippen molar-refractivity contribution >= 4 is 11.9 Å². The lowest BCUT2D eigenvalue weighted by Crippen LogP contribution is -2.32. The summed E-state index contributed by atoms with van der Waals surface area (Å²) in [6.45, 7) is 0.748. The third-order valence-electron chi connectivity index (χ3n) is 3.59. The van der Waals surface area contributed by atoms with E-state index in [-0.39, 0.29) is 17.2 Å². The molecule has 0 unspecified atom stereocenters. The van der Waals surface area contributed by atoms with E-state index in [4.69, 9.17) is 5.11 Å². The van der Waals surface area contributed by atoms with Crippen molar-refractivity contribution in [2.45, 2.75) is 32.1 Å². The molecule has 4 nitrogen and oxygen atoms in total. The normalized spacial score (nSPS) is 37.1. The maximum atomic E-state index is 11.1. The van der Waals surface area contributed by atoms with Crippen LogP contribution in [0.3, 0.4) is 0 Å². The fraction of sp³-hybridized carbons (Fsp3) is 0.800. The smallest absolute Gasteiger partial charge is 0.306 e. The Morgan fingerprint density at radius 1 is 1.43 bits per heavy atom. The van der Waals surface area contributed by atoms with E-state index < -0.39 is 5.97 Å². The molecule has 2 rings (SSSR count). The van der Waals surface area contributed by atoms with Gasteiger partial charge in [-0.2, -0.15) is 0 Å². The van der Waals surface area contributed by atoms with Gasteiger partial charge in [0, 0.05) is 13.0 Å². The van der Waals surface area contributed by atoms with E-state index >= 15 is 0 Å². The molecule has 1 aliphatic carbocycles. The average Bonchev–Trinajstić information content (AvgIpc) is 2.48. The molecule has 0 radical (unpaired) electrons. The van der Waals surface area contributed by atoms with Crippen LogP contribution in [0.1, 0.15) is 32.1 Å². The van der Waals surface area contributed by atoms with Crippen LogP contribution in [0.2, 0.25) is 0 Å². The fourth-order valence-corrected chi connectivity index (χ4v) is 2.58. The first-order valence-electron chi connectivity index (χ1n) is 5.11. The molecule has 1 heterocycles. The molecule has 2 N–H and O–H groups in total. The first kappa shape index (κ1) is 9.49. The molecule has 1 amide bonds. The van der Waals surface area contributed by atoms with Crippen LogP contribution >= 0.6 is 0 Å². The summed E-state index contributed by atoms with van der Waals surface area (Å²) < 4.78 is 0. The van der Waals surface area contributed by atoms with Gasteiger partial charge >= 0.3 is 5.97 Å². The van der Waals surface area contributed by atoms with Crippen LogP contribution in [0.5, 0.6) is 0 Å². The van der Waals surface area contributed by atoms with Crippen LogP contribution in [-0.4, -0.2) is 23.5 Å². The van der Waals surface area contributed by atoms with Crippen LogP contribution < -0.4 is 5.32 Å². The zero-order chi connectivity index (χ0) is 10.2. The van der Waals surface area contributed by atoms with Gasteiger partial charge in [-0.05, 0) is 31.1 Å². The second kappa shape index (κ2) is 3.26. The fourth-order valence-electron chi connectivity index (χ4n) is 2.58. The molecule has 1 spiro atoms. The van der Waals surface area contributed by atoms with Gasteiger partial charge < -0.3 is 10.4 Å². The van der Waals surface area contributed by atoms with Gasteiger partial charge in [0.2, 0.25) is 5.91 Å². The summed E-state index contributed by atoms with van der Waals surface area (Å²) in [7, 11) is 0. The van der Waals surface area contributed by atoms with Crippen LogP contribution in [-0.2, 0) is 9.59 Å². The number of carbonyl (C=O) groups excluding carboxylic acids is 1. The summed E-state index contributed by atoms with van der Waals surface area (Å²) in [6, 6.07) is 0. The van der Waals surface area contributed by atoms with Crippen molar-refractivity contribution in [2.75, 3.05) is 6.54 Å². The lowest BCUT2D eigenvalue weighted by molar-refractivity contribution is -0.143. The van der Waals surface area contributed by atoms with Gasteiger partial charge in [0.1, 0.15) is 0 Å². The molecule has 1 saturated heterocycles. The summed E-state index contributed by atoms with van der Waals surface area (Å²) in [4.78, 5) is 21.8. The molecule has 1 aliphatic heterocycles. The van der Waals surface area contributed by atoms with Crippen LogP contribution in [0.25, 0.3) is 0 Å². The third-order valence-corrected chi connectivity index (χ3v) is 3.59. The summed E-state index contributed by atoms with van der Waals surface area (Å²) in [5.41, 5.74) is 0.0863. The monoisotopic (exact) mass is 197 g/mol. The van der Waals surface area contributed by atoms with Gasteiger partial charge in [-0.3, -0.25) is 9.59 Å². The predicted octanol–water partition coefficient (Wildman–Crippen LogP) is 0.767. The van der Waals surface area contributed by atoms with Crippen molar-refractivity contribution in [3.63, 3.8) is 0 Å². The molecular formula is C10H15NO3. The number of hydrogen-bond donors (Lipinski definition) is 2. The first-order valence-corrected chi connectivity index (χ1v) is 5.11. The van der Waals surface area contributed by atoms with Crippen molar-refractivity contribution in [1.29, 1.82) is 0 Å². The molecular weight excluding hydrogens is 182 g/mol. The van der Waals surface area contributed by atoms with Crippen molar-refractivity contribution in [3.8, 4) is 0 Å². The number of hydrogen-bond acceptors (Lipinski definition) is 2.